The lowest BCUT2D eigenvalue weighted by atomic mass is 9.77. The van der Waals surface area contributed by atoms with Crippen molar-refractivity contribution < 1.29 is 4.79 Å². The molecule has 3 nitrogen and oxygen atoms in total. The summed E-state index contributed by atoms with van der Waals surface area (Å²) in [6.45, 7) is 7.90. The van der Waals surface area contributed by atoms with E-state index in [2.05, 4.69) is 31.0 Å². The topological polar surface area (TPSA) is 32.3 Å². The predicted octanol–water partition coefficient (Wildman–Crippen LogP) is 4.24. The van der Waals surface area contributed by atoms with Crippen LogP contribution in [0.1, 0.15) is 78.6 Å². The highest BCUT2D eigenvalue weighted by molar-refractivity contribution is 5.97. The van der Waals surface area contributed by atoms with Crippen molar-refractivity contribution in [1.29, 1.82) is 0 Å². The first kappa shape index (κ1) is 17.0. The van der Waals surface area contributed by atoms with Crippen LogP contribution in [-0.4, -0.2) is 29.6 Å². The lowest BCUT2D eigenvalue weighted by Crippen LogP contribution is -2.53. The van der Waals surface area contributed by atoms with Gasteiger partial charge in [-0.3, -0.25) is 10.1 Å². The average Bonchev–Trinajstić information content (AvgIpc) is 2.82. The van der Waals surface area contributed by atoms with Gasteiger partial charge in [0.15, 0.2) is 0 Å². The molecule has 0 radical (unpaired) electrons. The molecule has 4 atom stereocenters. The largest absolute Gasteiger partial charge is 0.319 e. The molecule has 130 valence electrons. The van der Waals surface area contributed by atoms with Crippen molar-refractivity contribution >= 4 is 5.91 Å². The Bertz CT molecular complexity index is 470. The molecule has 0 saturated heterocycles. The molecule has 1 amide bonds. The summed E-state index contributed by atoms with van der Waals surface area (Å²) in [5.74, 6) is 1.84. The smallest absolute Gasteiger partial charge is 0.251 e. The molecule has 1 saturated carbocycles. The number of hydrogen-bond acceptors (Lipinski definition) is 2. The molecular weight excluding hydrogens is 284 g/mol. The quantitative estimate of drug-likeness (QED) is 0.822. The molecule has 3 rings (SSSR count). The van der Waals surface area contributed by atoms with Crippen molar-refractivity contribution in [1.82, 2.24) is 10.2 Å². The zero-order chi connectivity index (χ0) is 16.4. The first-order chi connectivity index (χ1) is 11.1. The number of hydrogen-bond donors (Lipinski definition) is 1. The van der Waals surface area contributed by atoms with Crippen LogP contribution in [0.5, 0.6) is 0 Å². The minimum atomic E-state index is 0.196. The van der Waals surface area contributed by atoms with Crippen molar-refractivity contribution in [3.63, 3.8) is 0 Å². The van der Waals surface area contributed by atoms with Crippen molar-refractivity contribution in [2.75, 3.05) is 6.54 Å². The lowest BCUT2D eigenvalue weighted by molar-refractivity contribution is -0.127. The molecule has 1 heterocycles. The fraction of sp³-hybridized carbons (Fsp3) is 0.850. The molecule has 0 spiro atoms. The van der Waals surface area contributed by atoms with Crippen LogP contribution in [0.25, 0.3) is 0 Å². The minimum absolute atomic E-state index is 0.196. The zero-order valence-electron chi connectivity index (χ0n) is 15.2. The summed E-state index contributed by atoms with van der Waals surface area (Å²) in [6.07, 6.45) is 11.0. The molecule has 2 aliphatic carbocycles. The number of amides is 1. The van der Waals surface area contributed by atoms with E-state index in [1.165, 1.54) is 37.7 Å². The second-order valence-electron chi connectivity index (χ2n) is 8.01. The highest BCUT2D eigenvalue weighted by Gasteiger charge is 2.41. The second-order valence-corrected chi connectivity index (χ2v) is 8.01. The SMILES string of the molecule is CCCCN1C(=O)C2=C(CCCC2)C1NC1CCCC(C)C1C. The maximum Gasteiger partial charge on any atom is 0.251 e. The Balaban J connectivity index is 1.77. The van der Waals surface area contributed by atoms with Gasteiger partial charge in [0.25, 0.3) is 5.91 Å². The molecule has 1 fully saturated rings. The monoisotopic (exact) mass is 318 g/mol. The number of unbranched alkanes of at least 4 members (excludes halogenated alkanes) is 1. The molecule has 0 aromatic heterocycles. The van der Waals surface area contributed by atoms with E-state index in [-0.39, 0.29) is 6.17 Å². The van der Waals surface area contributed by atoms with Crippen LogP contribution in [0.2, 0.25) is 0 Å². The molecule has 1 N–H and O–H groups in total. The fourth-order valence-electron chi connectivity index (χ4n) is 4.72. The summed E-state index contributed by atoms with van der Waals surface area (Å²) in [6, 6.07) is 0.564. The van der Waals surface area contributed by atoms with Crippen molar-refractivity contribution in [2.45, 2.75) is 90.8 Å². The van der Waals surface area contributed by atoms with Gasteiger partial charge in [-0.25, -0.2) is 0 Å². The summed E-state index contributed by atoms with van der Waals surface area (Å²) in [5, 5.41) is 3.93. The molecule has 23 heavy (non-hydrogen) atoms. The summed E-state index contributed by atoms with van der Waals surface area (Å²) in [4.78, 5) is 15.0. The molecule has 3 aliphatic rings. The summed E-state index contributed by atoms with van der Waals surface area (Å²) in [7, 11) is 0. The Morgan fingerprint density at radius 3 is 2.70 bits per heavy atom. The Morgan fingerprint density at radius 2 is 1.91 bits per heavy atom. The Labute approximate surface area is 141 Å². The first-order valence-corrected chi connectivity index (χ1v) is 9.92. The number of nitrogens with zero attached hydrogens (tertiary/aromatic N) is 1. The zero-order valence-corrected chi connectivity index (χ0v) is 15.2. The maximum absolute atomic E-state index is 12.9. The minimum Gasteiger partial charge on any atom is -0.319 e. The normalized spacial score (nSPS) is 34.9. The first-order valence-electron chi connectivity index (χ1n) is 9.92. The number of nitrogens with one attached hydrogen (secondary N) is 1. The van der Waals surface area contributed by atoms with Gasteiger partial charge in [-0.05, 0) is 55.9 Å². The highest BCUT2D eigenvalue weighted by Crippen LogP contribution is 2.37. The molecule has 0 aromatic rings. The second kappa shape index (κ2) is 7.38. The van der Waals surface area contributed by atoms with E-state index in [1.54, 1.807) is 0 Å². The van der Waals surface area contributed by atoms with Gasteiger partial charge in [0, 0.05) is 18.2 Å². The van der Waals surface area contributed by atoms with Crippen molar-refractivity contribution in [3.8, 4) is 0 Å². The molecule has 0 aromatic carbocycles. The van der Waals surface area contributed by atoms with Crippen LogP contribution in [0.3, 0.4) is 0 Å². The number of rotatable bonds is 5. The molecule has 4 unspecified atom stereocenters. The molecule has 1 aliphatic heterocycles. The van der Waals surface area contributed by atoms with E-state index in [9.17, 15) is 4.79 Å². The van der Waals surface area contributed by atoms with Gasteiger partial charge in [0.1, 0.15) is 6.17 Å². The van der Waals surface area contributed by atoms with Gasteiger partial charge in [0.2, 0.25) is 0 Å². The van der Waals surface area contributed by atoms with Crippen LogP contribution < -0.4 is 5.32 Å². The standard InChI is InChI=1S/C20H34N2O/c1-4-5-13-22-19(16-10-6-7-11-17(16)20(22)23)21-18-12-8-9-14(2)15(18)3/h14-15,18-19,21H,4-13H2,1-3H3. The third kappa shape index (κ3) is 3.35. The number of carbonyl (C=O) groups excluding carboxylic acids is 1. The summed E-state index contributed by atoms with van der Waals surface area (Å²) < 4.78 is 0. The van der Waals surface area contributed by atoms with Gasteiger partial charge in [-0.2, -0.15) is 0 Å². The van der Waals surface area contributed by atoms with Crippen LogP contribution in [0, 0.1) is 11.8 Å². The Kier molecular flexibility index (Phi) is 5.45. The fourth-order valence-corrected chi connectivity index (χ4v) is 4.72. The van der Waals surface area contributed by atoms with E-state index in [4.69, 9.17) is 0 Å². The molecular formula is C20H34N2O. The van der Waals surface area contributed by atoms with Gasteiger partial charge in [-0.1, -0.05) is 40.0 Å². The average molecular weight is 319 g/mol. The maximum atomic E-state index is 12.9. The summed E-state index contributed by atoms with van der Waals surface area (Å²) in [5.41, 5.74) is 2.59. The van der Waals surface area contributed by atoms with E-state index in [0.717, 1.165) is 43.7 Å². The van der Waals surface area contributed by atoms with Crippen LogP contribution in [-0.2, 0) is 4.79 Å². The van der Waals surface area contributed by atoms with E-state index in [1.807, 2.05) is 0 Å². The van der Waals surface area contributed by atoms with Crippen molar-refractivity contribution in [3.05, 3.63) is 11.1 Å². The Morgan fingerprint density at radius 1 is 1.13 bits per heavy atom. The Hall–Kier alpha value is -0.830. The third-order valence-corrected chi connectivity index (χ3v) is 6.50. The van der Waals surface area contributed by atoms with E-state index < -0.39 is 0 Å². The highest BCUT2D eigenvalue weighted by atomic mass is 16.2. The van der Waals surface area contributed by atoms with E-state index in [0.29, 0.717) is 17.9 Å². The van der Waals surface area contributed by atoms with Crippen LogP contribution in [0.4, 0.5) is 0 Å². The van der Waals surface area contributed by atoms with Crippen molar-refractivity contribution in [2.24, 2.45) is 11.8 Å². The third-order valence-electron chi connectivity index (χ3n) is 6.50. The van der Waals surface area contributed by atoms with E-state index >= 15 is 0 Å². The molecule has 0 bridgehead atoms. The van der Waals surface area contributed by atoms with Gasteiger partial charge in [0.05, 0.1) is 0 Å². The van der Waals surface area contributed by atoms with Crippen LogP contribution in [0.15, 0.2) is 11.1 Å². The lowest BCUT2D eigenvalue weighted by Gasteiger charge is -2.39. The number of carbonyl (C=O) groups is 1. The summed E-state index contributed by atoms with van der Waals surface area (Å²) >= 11 is 0. The van der Waals surface area contributed by atoms with Gasteiger partial charge in [-0.15, -0.1) is 0 Å². The van der Waals surface area contributed by atoms with Gasteiger partial charge >= 0.3 is 0 Å². The predicted molar refractivity (Wildman–Crippen MR) is 95.0 cm³/mol. The van der Waals surface area contributed by atoms with Crippen LogP contribution >= 0.6 is 0 Å². The van der Waals surface area contributed by atoms with Gasteiger partial charge < -0.3 is 4.90 Å². The molecule has 3 heteroatoms.